The van der Waals surface area contributed by atoms with Crippen LogP contribution in [0.4, 0.5) is 0 Å². The van der Waals surface area contributed by atoms with Gasteiger partial charge in [0.05, 0.1) is 18.3 Å². The van der Waals surface area contributed by atoms with Crippen LogP contribution in [0.1, 0.15) is 12.8 Å². The van der Waals surface area contributed by atoms with Gasteiger partial charge in [0.1, 0.15) is 5.41 Å². The van der Waals surface area contributed by atoms with E-state index in [1.165, 1.54) is 0 Å². The zero-order chi connectivity index (χ0) is 9.69. The van der Waals surface area contributed by atoms with Crippen molar-refractivity contribution in [3.63, 3.8) is 0 Å². The highest BCUT2D eigenvalue weighted by Crippen LogP contribution is 2.61. The summed E-state index contributed by atoms with van der Waals surface area (Å²) in [6, 6.07) is 0. The van der Waals surface area contributed by atoms with Gasteiger partial charge in [0.25, 0.3) is 0 Å². The molecular formula is C8H13NO4. The van der Waals surface area contributed by atoms with Crippen LogP contribution in [-0.4, -0.2) is 41.0 Å². The summed E-state index contributed by atoms with van der Waals surface area (Å²) in [5.74, 6) is -0.881. The molecule has 2 saturated heterocycles. The van der Waals surface area contributed by atoms with E-state index in [1.807, 2.05) is 0 Å². The molecule has 5 nitrogen and oxygen atoms in total. The second-order valence-electron chi connectivity index (χ2n) is 3.99. The lowest BCUT2D eigenvalue weighted by atomic mass is 9.60. The molecule has 0 radical (unpaired) electrons. The lowest BCUT2D eigenvalue weighted by Crippen LogP contribution is -2.53. The minimum absolute atomic E-state index is 0.242. The van der Waals surface area contributed by atoms with Gasteiger partial charge in [-0.05, 0) is 12.8 Å². The smallest absolute Gasteiger partial charge is 0.312 e. The van der Waals surface area contributed by atoms with E-state index >= 15 is 0 Å². The second kappa shape index (κ2) is 2.43. The number of aliphatic hydroxyl groups is 1. The molecule has 0 amide bonds. The Kier molecular flexibility index (Phi) is 1.67. The number of aliphatic carboxylic acids is 1. The molecule has 74 valence electrons. The first-order chi connectivity index (χ1) is 6.08. The van der Waals surface area contributed by atoms with Crippen LogP contribution in [-0.2, 0) is 9.53 Å². The molecule has 0 spiro atoms. The molecule has 2 heterocycles. The predicted molar refractivity (Wildman–Crippen MR) is 43.0 cm³/mol. The predicted octanol–water partition coefficient (Wildman–Crippen LogP) is -1.06. The third-order valence-electron chi connectivity index (χ3n) is 3.25. The number of ether oxygens (including phenoxy) is 1. The number of nitrogens with two attached hydrogens (primary N) is 1. The number of hydrogen-bond acceptors (Lipinski definition) is 4. The fraction of sp³-hybridized carbons (Fsp3) is 0.875. The highest BCUT2D eigenvalue weighted by Gasteiger charge is 2.70. The molecule has 3 aliphatic rings. The van der Waals surface area contributed by atoms with Gasteiger partial charge in [-0.3, -0.25) is 4.79 Å². The van der Waals surface area contributed by atoms with Crippen LogP contribution < -0.4 is 5.73 Å². The van der Waals surface area contributed by atoms with Crippen LogP contribution >= 0.6 is 0 Å². The van der Waals surface area contributed by atoms with Crippen molar-refractivity contribution in [1.82, 2.24) is 0 Å². The molecule has 1 saturated carbocycles. The number of hydrogen-bond donors (Lipinski definition) is 3. The van der Waals surface area contributed by atoms with Gasteiger partial charge >= 0.3 is 5.97 Å². The number of aliphatic hydroxyl groups excluding tert-OH is 1. The van der Waals surface area contributed by atoms with Crippen molar-refractivity contribution < 1.29 is 19.7 Å². The fourth-order valence-electron chi connectivity index (χ4n) is 2.52. The summed E-state index contributed by atoms with van der Waals surface area (Å²) in [6.45, 7) is 0.0899. The Hall–Kier alpha value is -0.650. The molecule has 2 bridgehead atoms. The Morgan fingerprint density at radius 3 is 2.54 bits per heavy atom. The minimum Gasteiger partial charge on any atom is -0.481 e. The zero-order valence-electron chi connectivity index (χ0n) is 7.19. The minimum atomic E-state index is -0.881. The Morgan fingerprint density at radius 1 is 1.62 bits per heavy atom. The molecule has 3 rings (SSSR count). The first-order valence-electron chi connectivity index (χ1n) is 4.31. The highest BCUT2D eigenvalue weighted by atomic mass is 16.5. The maximum absolute atomic E-state index is 11.0. The Morgan fingerprint density at radius 2 is 2.23 bits per heavy atom. The summed E-state index contributed by atoms with van der Waals surface area (Å²) in [5, 5.41) is 17.9. The van der Waals surface area contributed by atoms with Gasteiger partial charge in [0.15, 0.2) is 0 Å². The lowest BCUT2D eigenvalue weighted by molar-refractivity contribution is -0.155. The fourth-order valence-corrected chi connectivity index (χ4v) is 2.52. The van der Waals surface area contributed by atoms with E-state index in [9.17, 15) is 4.79 Å². The van der Waals surface area contributed by atoms with E-state index in [1.54, 1.807) is 0 Å². The number of fused-ring (bicyclic) bond motifs is 1. The molecule has 5 heteroatoms. The molecule has 13 heavy (non-hydrogen) atoms. The van der Waals surface area contributed by atoms with Crippen molar-refractivity contribution >= 4 is 5.97 Å². The second-order valence-corrected chi connectivity index (χ2v) is 3.99. The highest BCUT2D eigenvalue weighted by molar-refractivity contribution is 5.78. The van der Waals surface area contributed by atoms with Crippen molar-refractivity contribution in [2.24, 2.45) is 11.1 Å². The number of carboxylic acids is 1. The van der Waals surface area contributed by atoms with E-state index < -0.39 is 23.1 Å². The van der Waals surface area contributed by atoms with Gasteiger partial charge in [-0.1, -0.05) is 0 Å². The molecule has 1 unspecified atom stereocenters. The van der Waals surface area contributed by atoms with E-state index in [0.717, 1.165) is 0 Å². The van der Waals surface area contributed by atoms with E-state index in [4.69, 9.17) is 20.7 Å². The van der Waals surface area contributed by atoms with Crippen LogP contribution in [0.25, 0.3) is 0 Å². The van der Waals surface area contributed by atoms with E-state index in [0.29, 0.717) is 19.4 Å². The van der Waals surface area contributed by atoms with Gasteiger partial charge in [-0.25, -0.2) is 0 Å². The van der Waals surface area contributed by atoms with Crippen molar-refractivity contribution in [3.8, 4) is 0 Å². The van der Waals surface area contributed by atoms with Crippen molar-refractivity contribution in [1.29, 1.82) is 0 Å². The van der Waals surface area contributed by atoms with Gasteiger partial charge in [0.2, 0.25) is 0 Å². The normalized spacial score (nSPS) is 47.4. The van der Waals surface area contributed by atoms with Gasteiger partial charge in [-0.2, -0.15) is 0 Å². The molecule has 1 atom stereocenters. The molecule has 3 fully saturated rings. The Bertz CT molecular complexity index is 247. The largest absolute Gasteiger partial charge is 0.481 e. The molecular weight excluding hydrogens is 174 g/mol. The molecule has 0 aromatic heterocycles. The Labute approximate surface area is 75.5 Å². The summed E-state index contributed by atoms with van der Waals surface area (Å²) in [4.78, 5) is 11.0. The number of rotatable bonds is 3. The maximum atomic E-state index is 11.0. The molecule has 1 aliphatic carbocycles. The van der Waals surface area contributed by atoms with Gasteiger partial charge in [-0.15, -0.1) is 0 Å². The number of carboxylic acid groups (broad SMARTS) is 1. The van der Waals surface area contributed by atoms with Crippen molar-refractivity contribution in [2.75, 3.05) is 13.2 Å². The zero-order valence-corrected chi connectivity index (χ0v) is 7.19. The Balaban J connectivity index is 2.22. The van der Waals surface area contributed by atoms with E-state index in [-0.39, 0.29) is 6.61 Å². The van der Waals surface area contributed by atoms with Crippen LogP contribution in [0, 0.1) is 5.41 Å². The topological polar surface area (TPSA) is 92.8 Å². The van der Waals surface area contributed by atoms with Gasteiger partial charge < -0.3 is 20.7 Å². The average Bonchev–Trinajstić information content (AvgIpc) is 2.52. The van der Waals surface area contributed by atoms with E-state index in [2.05, 4.69) is 0 Å². The SMILES string of the molecule is NCC12CC(C(=O)O)(C1)C(CO)O2. The molecule has 4 N–H and O–H groups in total. The molecule has 0 aromatic carbocycles. The third-order valence-corrected chi connectivity index (χ3v) is 3.25. The van der Waals surface area contributed by atoms with Crippen LogP contribution in [0.5, 0.6) is 0 Å². The number of carbonyl (C=O) groups is 1. The quantitative estimate of drug-likeness (QED) is 0.523. The first kappa shape index (κ1) is 8.93. The van der Waals surface area contributed by atoms with Gasteiger partial charge in [0, 0.05) is 6.54 Å². The lowest BCUT2D eigenvalue weighted by Gasteiger charge is -2.41. The summed E-state index contributed by atoms with van der Waals surface area (Å²) in [7, 11) is 0. The monoisotopic (exact) mass is 187 g/mol. The van der Waals surface area contributed by atoms with Crippen molar-refractivity contribution in [2.45, 2.75) is 24.5 Å². The van der Waals surface area contributed by atoms with Crippen molar-refractivity contribution in [3.05, 3.63) is 0 Å². The van der Waals surface area contributed by atoms with Crippen LogP contribution in [0.15, 0.2) is 0 Å². The summed E-state index contributed by atoms with van der Waals surface area (Å²) in [5.41, 5.74) is 4.15. The summed E-state index contributed by atoms with van der Waals surface area (Å²) in [6.07, 6.45) is 0.308. The van der Waals surface area contributed by atoms with Crippen LogP contribution in [0.2, 0.25) is 0 Å². The summed E-state index contributed by atoms with van der Waals surface area (Å²) >= 11 is 0. The first-order valence-corrected chi connectivity index (χ1v) is 4.31. The molecule has 0 aromatic rings. The standard InChI is InChI=1S/C8H13NO4/c9-4-7-2-8(3-7,6(11)12)5(1-10)13-7/h5,10H,1-4,9H2,(H,11,12). The maximum Gasteiger partial charge on any atom is 0.312 e. The molecule has 2 aliphatic heterocycles. The van der Waals surface area contributed by atoms with Crippen LogP contribution in [0.3, 0.4) is 0 Å². The average molecular weight is 187 g/mol. The third kappa shape index (κ3) is 0.892. The summed E-state index contributed by atoms with van der Waals surface area (Å²) < 4.78 is 5.43.